The number of aryl methyl sites for hydroxylation is 1. The average Bonchev–Trinajstić information content (AvgIpc) is 2.21. The molecule has 0 spiro atoms. The standard InChI is InChI=1S/C10H11ClN2O3/c1-5-4-7(13-6(2)14)8(11)9(12-5)10(15)16-3/h4H,1-3H3,(H,12,13,14). The van der Waals surface area contributed by atoms with Crippen LogP contribution in [0.1, 0.15) is 23.1 Å². The molecule has 0 aliphatic heterocycles. The number of esters is 1. The highest BCUT2D eigenvalue weighted by molar-refractivity contribution is 6.36. The predicted octanol–water partition coefficient (Wildman–Crippen LogP) is 1.79. The summed E-state index contributed by atoms with van der Waals surface area (Å²) in [6.07, 6.45) is 0. The molecule has 1 heterocycles. The predicted molar refractivity (Wildman–Crippen MR) is 59.6 cm³/mol. The van der Waals surface area contributed by atoms with Crippen LogP contribution in [-0.4, -0.2) is 24.0 Å². The second-order valence-corrected chi connectivity index (χ2v) is 3.52. The third-order valence-corrected chi connectivity index (χ3v) is 2.16. The molecule has 0 bridgehead atoms. The molecule has 0 radical (unpaired) electrons. The molecule has 0 unspecified atom stereocenters. The van der Waals surface area contributed by atoms with E-state index in [0.717, 1.165) is 0 Å². The van der Waals surface area contributed by atoms with Crippen LogP contribution in [0.3, 0.4) is 0 Å². The third kappa shape index (κ3) is 2.70. The Morgan fingerprint density at radius 3 is 2.62 bits per heavy atom. The Hall–Kier alpha value is -1.62. The van der Waals surface area contributed by atoms with Crippen molar-refractivity contribution in [3.05, 3.63) is 22.5 Å². The van der Waals surface area contributed by atoms with E-state index in [4.69, 9.17) is 11.6 Å². The minimum absolute atomic E-state index is 0.00656. The largest absolute Gasteiger partial charge is 0.464 e. The van der Waals surface area contributed by atoms with Crippen molar-refractivity contribution >= 4 is 29.2 Å². The van der Waals surface area contributed by atoms with Crippen LogP contribution in [0.15, 0.2) is 6.07 Å². The van der Waals surface area contributed by atoms with Crippen LogP contribution in [0.2, 0.25) is 5.02 Å². The van der Waals surface area contributed by atoms with Crippen LogP contribution in [0.25, 0.3) is 0 Å². The van der Waals surface area contributed by atoms with Gasteiger partial charge < -0.3 is 10.1 Å². The number of nitrogens with one attached hydrogen (secondary N) is 1. The van der Waals surface area contributed by atoms with Gasteiger partial charge in [0.2, 0.25) is 5.91 Å². The minimum Gasteiger partial charge on any atom is -0.464 e. The summed E-state index contributed by atoms with van der Waals surface area (Å²) in [5.41, 5.74) is 0.906. The number of ether oxygens (including phenoxy) is 1. The van der Waals surface area contributed by atoms with Gasteiger partial charge in [-0.15, -0.1) is 0 Å². The smallest absolute Gasteiger partial charge is 0.358 e. The number of pyridine rings is 1. The normalized spacial score (nSPS) is 9.75. The van der Waals surface area contributed by atoms with E-state index in [1.165, 1.54) is 14.0 Å². The Kier molecular flexibility index (Phi) is 3.84. The fraction of sp³-hybridized carbons (Fsp3) is 0.300. The number of nitrogens with zero attached hydrogens (tertiary/aromatic N) is 1. The van der Waals surface area contributed by atoms with E-state index in [0.29, 0.717) is 11.4 Å². The van der Waals surface area contributed by atoms with Crippen LogP contribution in [0.4, 0.5) is 5.69 Å². The van der Waals surface area contributed by atoms with Crippen LogP contribution in [0, 0.1) is 6.92 Å². The van der Waals surface area contributed by atoms with E-state index < -0.39 is 5.97 Å². The van der Waals surface area contributed by atoms with Crippen molar-refractivity contribution in [2.75, 3.05) is 12.4 Å². The molecule has 1 amide bonds. The molecule has 0 saturated heterocycles. The average molecular weight is 243 g/mol. The molecular weight excluding hydrogens is 232 g/mol. The van der Waals surface area contributed by atoms with Crippen molar-refractivity contribution in [1.29, 1.82) is 0 Å². The number of halogens is 1. The van der Waals surface area contributed by atoms with Crippen molar-refractivity contribution in [3.8, 4) is 0 Å². The molecule has 1 aromatic rings. The van der Waals surface area contributed by atoms with E-state index in [-0.39, 0.29) is 16.6 Å². The second-order valence-electron chi connectivity index (χ2n) is 3.15. The van der Waals surface area contributed by atoms with E-state index in [9.17, 15) is 9.59 Å². The van der Waals surface area contributed by atoms with Crippen LogP contribution >= 0.6 is 11.6 Å². The first-order valence-corrected chi connectivity index (χ1v) is 4.86. The van der Waals surface area contributed by atoms with Crippen molar-refractivity contribution in [1.82, 2.24) is 4.98 Å². The van der Waals surface area contributed by atoms with Crippen LogP contribution in [0.5, 0.6) is 0 Å². The van der Waals surface area contributed by atoms with E-state index in [1.54, 1.807) is 13.0 Å². The maximum atomic E-state index is 11.3. The summed E-state index contributed by atoms with van der Waals surface area (Å²) in [7, 11) is 1.24. The zero-order valence-corrected chi connectivity index (χ0v) is 9.88. The summed E-state index contributed by atoms with van der Waals surface area (Å²) < 4.78 is 4.53. The van der Waals surface area contributed by atoms with Gasteiger partial charge in [0.15, 0.2) is 5.69 Å². The Morgan fingerprint density at radius 1 is 1.50 bits per heavy atom. The van der Waals surface area contributed by atoms with Gasteiger partial charge in [0, 0.05) is 12.6 Å². The molecule has 86 valence electrons. The molecule has 0 saturated carbocycles. The molecule has 1 rings (SSSR count). The minimum atomic E-state index is -0.639. The van der Waals surface area contributed by atoms with Gasteiger partial charge in [-0.05, 0) is 13.0 Å². The van der Waals surface area contributed by atoms with Crippen LogP contribution < -0.4 is 5.32 Å². The molecular formula is C10H11ClN2O3. The van der Waals surface area contributed by atoms with Gasteiger partial charge in [0.05, 0.1) is 17.8 Å². The number of amides is 1. The second kappa shape index (κ2) is 4.94. The van der Waals surface area contributed by atoms with Crippen molar-refractivity contribution in [3.63, 3.8) is 0 Å². The fourth-order valence-corrected chi connectivity index (χ4v) is 1.39. The number of anilines is 1. The number of carbonyl (C=O) groups excluding carboxylic acids is 2. The topological polar surface area (TPSA) is 68.3 Å². The van der Waals surface area contributed by atoms with Crippen molar-refractivity contribution in [2.45, 2.75) is 13.8 Å². The third-order valence-electron chi connectivity index (χ3n) is 1.78. The molecule has 0 aliphatic rings. The van der Waals surface area contributed by atoms with Crippen molar-refractivity contribution in [2.24, 2.45) is 0 Å². The molecule has 0 aliphatic carbocycles. The Morgan fingerprint density at radius 2 is 2.12 bits per heavy atom. The summed E-state index contributed by atoms with van der Waals surface area (Å²) in [5.74, 6) is -0.913. The van der Waals surface area contributed by atoms with Crippen LogP contribution in [-0.2, 0) is 9.53 Å². The lowest BCUT2D eigenvalue weighted by atomic mass is 10.2. The lowest BCUT2D eigenvalue weighted by Crippen LogP contribution is -2.11. The van der Waals surface area contributed by atoms with E-state index in [2.05, 4.69) is 15.0 Å². The Labute approximate surface area is 97.8 Å². The van der Waals surface area contributed by atoms with Gasteiger partial charge in [-0.2, -0.15) is 0 Å². The highest BCUT2D eigenvalue weighted by Gasteiger charge is 2.17. The molecule has 0 fully saturated rings. The zero-order valence-electron chi connectivity index (χ0n) is 9.13. The number of rotatable bonds is 2. The number of aromatic nitrogens is 1. The highest BCUT2D eigenvalue weighted by Crippen LogP contribution is 2.26. The number of carbonyl (C=O) groups is 2. The first-order chi connectivity index (χ1) is 7.45. The number of hydrogen-bond donors (Lipinski definition) is 1. The summed E-state index contributed by atoms with van der Waals surface area (Å²) in [4.78, 5) is 26.2. The first-order valence-electron chi connectivity index (χ1n) is 4.48. The molecule has 1 N–H and O–H groups in total. The van der Waals surface area contributed by atoms with Gasteiger partial charge >= 0.3 is 5.97 Å². The number of hydrogen-bond acceptors (Lipinski definition) is 4. The SMILES string of the molecule is COC(=O)c1nc(C)cc(NC(C)=O)c1Cl. The quantitative estimate of drug-likeness (QED) is 0.803. The molecule has 5 nitrogen and oxygen atoms in total. The fourth-order valence-electron chi connectivity index (χ4n) is 1.17. The zero-order chi connectivity index (χ0) is 12.3. The summed E-state index contributed by atoms with van der Waals surface area (Å²) >= 11 is 5.92. The number of methoxy groups -OCH3 is 1. The summed E-state index contributed by atoms with van der Waals surface area (Å²) in [6.45, 7) is 3.04. The van der Waals surface area contributed by atoms with Gasteiger partial charge in [-0.25, -0.2) is 9.78 Å². The lowest BCUT2D eigenvalue weighted by molar-refractivity contribution is -0.114. The highest BCUT2D eigenvalue weighted by atomic mass is 35.5. The maximum absolute atomic E-state index is 11.3. The Balaban J connectivity index is 3.25. The summed E-state index contributed by atoms with van der Waals surface area (Å²) in [6, 6.07) is 1.58. The van der Waals surface area contributed by atoms with Gasteiger partial charge in [0.25, 0.3) is 0 Å². The maximum Gasteiger partial charge on any atom is 0.358 e. The molecule has 0 atom stereocenters. The van der Waals surface area contributed by atoms with Crippen molar-refractivity contribution < 1.29 is 14.3 Å². The van der Waals surface area contributed by atoms with E-state index in [1.807, 2.05) is 0 Å². The summed E-state index contributed by atoms with van der Waals surface area (Å²) in [5, 5.41) is 2.59. The first kappa shape index (κ1) is 12.4. The molecule has 1 aromatic heterocycles. The van der Waals surface area contributed by atoms with E-state index >= 15 is 0 Å². The monoisotopic (exact) mass is 242 g/mol. The molecule has 16 heavy (non-hydrogen) atoms. The van der Waals surface area contributed by atoms with Gasteiger partial charge in [0.1, 0.15) is 0 Å². The molecule has 6 heteroatoms. The lowest BCUT2D eigenvalue weighted by Gasteiger charge is -2.09. The van der Waals surface area contributed by atoms with Gasteiger partial charge in [-0.1, -0.05) is 11.6 Å². The van der Waals surface area contributed by atoms with Gasteiger partial charge in [-0.3, -0.25) is 4.79 Å². The Bertz CT molecular complexity index is 446. The molecule has 0 aromatic carbocycles.